The summed E-state index contributed by atoms with van der Waals surface area (Å²) < 4.78 is 37.3. The number of thiazole rings is 1. The second kappa shape index (κ2) is 8.78. The van der Waals surface area contributed by atoms with Gasteiger partial charge in [0.2, 0.25) is 0 Å². The number of rotatable bonds is 7. The Hall–Kier alpha value is -3.52. The van der Waals surface area contributed by atoms with Crippen LogP contribution in [0.4, 0.5) is 10.8 Å². The highest BCUT2D eigenvalue weighted by Gasteiger charge is 2.34. The molecule has 1 aliphatic rings. The fourth-order valence-electron chi connectivity index (χ4n) is 2.99. The van der Waals surface area contributed by atoms with Crippen molar-refractivity contribution in [1.29, 1.82) is 0 Å². The first-order valence-corrected chi connectivity index (χ1v) is 11.9. The normalized spacial score (nSPS) is 13.8. The third-order valence-electron chi connectivity index (χ3n) is 4.72. The monoisotopic (exact) mass is 490 g/mol. The number of hydrogen-bond acceptors (Lipinski definition) is 9. The van der Waals surface area contributed by atoms with Crippen molar-refractivity contribution in [2.24, 2.45) is 5.10 Å². The molecular formula is C20H20N5O6S2+. The number of hydrazine groups is 1. The Labute approximate surface area is 193 Å². The number of carboxylic acids is 1. The molecule has 0 bridgehead atoms. The molecule has 0 fully saturated rings. The number of anilines is 2. The lowest BCUT2D eigenvalue weighted by molar-refractivity contribution is -0.545. The smallest absolute Gasteiger partial charge is 0.341 e. The number of nitrogens with zero attached hydrogens (tertiary/aromatic N) is 4. The third kappa shape index (κ3) is 4.96. The van der Waals surface area contributed by atoms with E-state index in [9.17, 15) is 17.8 Å². The molecule has 0 saturated carbocycles. The van der Waals surface area contributed by atoms with E-state index in [1.54, 1.807) is 33.9 Å². The number of benzene rings is 2. The van der Waals surface area contributed by atoms with Crippen LogP contribution in [0.5, 0.6) is 5.75 Å². The number of nitrogens with two attached hydrogens (primary N) is 1. The van der Waals surface area contributed by atoms with Crippen LogP contribution >= 0.6 is 11.3 Å². The maximum absolute atomic E-state index is 11.4. The number of ether oxygens (including phenoxy) is 1. The molecule has 2 heterocycles. The molecule has 1 aliphatic heterocycles. The summed E-state index contributed by atoms with van der Waals surface area (Å²) in [5, 5.41) is 17.4. The van der Waals surface area contributed by atoms with Crippen LogP contribution in [0.3, 0.4) is 0 Å². The van der Waals surface area contributed by atoms with Crippen LogP contribution in [-0.2, 0) is 14.9 Å². The molecular weight excluding hydrogens is 470 g/mol. The quantitative estimate of drug-likeness (QED) is 0.331. The van der Waals surface area contributed by atoms with Crippen LogP contribution in [0.1, 0.15) is 16.1 Å². The number of quaternary nitrogens is 1. The Balaban J connectivity index is 1.71. The molecule has 0 atom stereocenters. The average molecular weight is 491 g/mol. The molecule has 13 heteroatoms. The predicted molar refractivity (Wildman–Crippen MR) is 121 cm³/mol. The van der Waals surface area contributed by atoms with Gasteiger partial charge in [-0.25, -0.2) is 9.78 Å². The van der Waals surface area contributed by atoms with E-state index in [0.717, 1.165) is 10.6 Å². The molecule has 172 valence electrons. The Bertz CT molecular complexity index is 1320. The van der Waals surface area contributed by atoms with Crippen LogP contribution in [-0.4, -0.2) is 41.5 Å². The number of aliphatic carboxylic acids is 1. The largest absolute Gasteiger partial charge is 0.482 e. The van der Waals surface area contributed by atoms with Crippen molar-refractivity contribution in [3.05, 3.63) is 64.7 Å². The van der Waals surface area contributed by atoms with E-state index < -0.39 is 22.7 Å². The Morgan fingerprint density at radius 3 is 2.52 bits per heavy atom. The number of carbonyl (C=O) groups is 1. The van der Waals surface area contributed by atoms with Crippen LogP contribution in [0.15, 0.2) is 58.5 Å². The summed E-state index contributed by atoms with van der Waals surface area (Å²) in [6.45, 7) is 3.40. The summed E-state index contributed by atoms with van der Waals surface area (Å²) in [5.41, 5.74) is 3.87. The average Bonchev–Trinajstić information content (AvgIpc) is 3.36. The minimum Gasteiger partial charge on any atom is -0.482 e. The standard InChI is InChI=1S/C20H19N5O6S2/c1-12-13(2)32-20(21-12)25-23-19(14-4-3-5-16(10-14)31-11-18(26)27)22-24(25)15-6-8-17(9-7-15)33(28,29)30/h3-10H,11H2,1-2H3,(H,22,23)(H,26,27)(H,28,29,30)/p+1. The number of amidine groups is 1. The van der Waals surface area contributed by atoms with Crippen molar-refractivity contribution >= 4 is 44.1 Å². The highest BCUT2D eigenvalue weighted by molar-refractivity contribution is 7.85. The predicted octanol–water partition coefficient (Wildman–Crippen LogP) is 1.55. The first-order valence-electron chi connectivity index (χ1n) is 9.61. The zero-order valence-corrected chi connectivity index (χ0v) is 19.2. The minimum atomic E-state index is -4.32. The summed E-state index contributed by atoms with van der Waals surface area (Å²) in [6, 6.07) is 12.5. The lowest BCUT2D eigenvalue weighted by atomic mass is 10.2. The molecule has 0 spiro atoms. The molecule has 4 rings (SSSR count). The Morgan fingerprint density at radius 2 is 1.91 bits per heavy atom. The molecule has 3 aromatic rings. The van der Waals surface area contributed by atoms with Crippen molar-refractivity contribution in [2.75, 3.05) is 16.8 Å². The maximum Gasteiger partial charge on any atom is 0.341 e. The molecule has 2 aromatic carbocycles. The van der Waals surface area contributed by atoms with Gasteiger partial charge in [0.25, 0.3) is 21.1 Å². The first-order chi connectivity index (χ1) is 15.6. The molecule has 0 aliphatic carbocycles. The van der Waals surface area contributed by atoms with Gasteiger partial charge in [0.15, 0.2) is 6.61 Å². The summed E-state index contributed by atoms with van der Waals surface area (Å²) in [5.74, 6) is -0.139. The number of aryl methyl sites for hydroxylation is 2. The molecule has 0 radical (unpaired) electrons. The van der Waals surface area contributed by atoms with E-state index in [2.05, 4.69) is 10.1 Å². The topological polar surface area (TPSA) is 149 Å². The molecule has 0 amide bonds. The van der Waals surface area contributed by atoms with Crippen LogP contribution < -0.4 is 20.4 Å². The summed E-state index contributed by atoms with van der Waals surface area (Å²) in [6.07, 6.45) is 0. The van der Waals surface area contributed by atoms with Gasteiger partial charge in [-0.3, -0.25) is 4.55 Å². The van der Waals surface area contributed by atoms with Crippen LogP contribution in [0.25, 0.3) is 0 Å². The van der Waals surface area contributed by atoms with Gasteiger partial charge in [0, 0.05) is 4.88 Å². The fraction of sp³-hybridized carbons (Fsp3) is 0.150. The molecule has 11 nitrogen and oxygen atoms in total. The maximum atomic E-state index is 11.4. The van der Waals surface area contributed by atoms with Crippen LogP contribution in [0, 0.1) is 13.8 Å². The number of aromatic nitrogens is 1. The highest BCUT2D eigenvalue weighted by Crippen LogP contribution is 2.29. The highest BCUT2D eigenvalue weighted by atomic mass is 32.2. The van der Waals surface area contributed by atoms with Crippen molar-refractivity contribution in [3.8, 4) is 5.75 Å². The molecule has 33 heavy (non-hydrogen) atoms. The second-order valence-corrected chi connectivity index (χ2v) is 9.67. The fourth-order valence-corrected chi connectivity index (χ4v) is 4.35. The molecule has 1 aromatic heterocycles. The van der Waals surface area contributed by atoms with Crippen LogP contribution in [0.2, 0.25) is 0 Å². The summed E-state index contributed by atoms with van der Waals surface area (Å²) in [7, 11) is -4.32. The van der Waals surface area contributed by atoms with Gasteiger partial charge in [-0.05, 0) is 56.3 Å². The Kier molecular flexibility index (Phi) is 6.03. The summed E-state index contributed by atoms with van der Waals surface area (Å²) >= 11 is 1.47. The number of hydrazone groups is 1. The van der Waals surface area contributed by atoms with Gasteiger partial charge < -0.3 is 9.84 Å². The minimum absolute atomic E-state index is 0.227. The Morgan fingerprint density at radius 1 is 1.18 bits per heavy atom. The zero-order valence-electron chi connectivity index (χ0n) is 17.5. The van der Waals surface area contributed by atoms with Crippen molar-refractivity contribution in [1.82, 2.24) is 4.98 Å². The van der Waals surface area contributed by atoms with E-state index in [1.165, 1.54) is 35.6 Å². The number of hydrogen-bond donors (Lipinski definition) is 3. The van der Waals surface area contributed by atoms with Gasteiger partial charge in [-0.15, -0.1) is 5.12 Å². The first kappa shape index (κ1) is 22.7. The molecule has 0 unspecified atom stereocenters. The van der Waals surface area contributed by atoms with Crippen molar-refractivity contribution in [2.45, 2.75) is 18.7 Å². The van der Waals surface area contributed by atoms with Gasteiger partial charge in [0.1, 0.15) is 5.75 Å². The van der Waals surface area contributed by atoms with E-state index in [0.29, 0.717) is 28.0 Å². The van der Waals surface area contributed by atoms with E-state index in [-0.39, 0.29) is 4.90 Å². The summed E-state index contributed by atoms with van der Waals surface area (Å²) in [4.78, 5) is 16.2. The van der Waals surface area contributed by atoms with E-state index in [4.69, 9.17) is 9.84 Å². The van der Waals surface area contributed by atoms with E-state index >= 15 is 0 Å². The van der Waals surface area contributed by atoms with Crippen molar-refractivity contribution < 1.29 is 33.0 Å². The number of carboxylic acid groups (broad SMARTS) is 1. The second-order valence-electron chi connectivity index (χ2n) is 7.07. The molecule has 4 N–H and O–H groups in total. The van der Waals surface area contributed by atoms with Gasteiger partial charge in [0.05, 0.1) is 21.8 Å². The lowest BCUT2D eigenvalue weighted by Gasteiger charge is -2.21. The van der Waals surface area contributed by atoms with Gasteiger partial charge >= 0.3 is 5.97 Å². The molecule has 0 saturated heterocycles. The lowest BCUT2D eigenvalue weighted by Crippen LogP contribution is -2.96. The third-order valence-corrected chi connectivity index (χ3v) is 6.65. The van der Waals surface area contributed by atoms with Crippen molar-refractivity contribution in [3.63, 3.8) is 0 Å². The SMILES string of the molecule is Cc1nc(N2[NH2+]C(c3cccc(OCC(=O)O)c3)=NN2c2ccc(S(=O)(=O)O)cc2)sc1C. The van der Waals surface area contributed by atoms with E-state index in [1.807, 2.05) is 19.9 Å². The zero-order chi connectivity index (χ0) is 23.8. The van der Waals surface area contributed by atoms with Gasteiger partial charge in [-0.2, -0.15) is 13.8 Å². The van der Waals surface area contributed by atoms with Gasteiger partial charge in [-0.1, -0.05) is 27.6 Å².